The summed E-state index contributed by atoms with van der Waals surface area (Å²) in [5.74, 6) is -0.204. The summed E-state index contributed by atoms with van der Waals surface area (Å²) < 4.78 is 5.66. The number of benzene rings is 1. The van der Waals surface area contributed by atoms with Crippen LogP contribution in [0.25, 0.3) is 0 Å². The fourth-order valence-corrected chi connectivity index (χ4v) is 1.71. The number of furan rings is 1. The Morgan fingerprint density at radius 1 is 1.47 bits per heavy atom. The lowest BCUT2D eigenvalue weighted by atomic mass is 10.1. The van der Waals surface area contributed by atoms with Crippen LogP contribution in [0.4, 0.5) is 0 Å². The minimum absolute atomic E-state index is 0.110. The van der Waals surface area contributed by atoms with Crippen LogP contribution in [-0.4, -0.2) is 17.2 Å². The number of nitrogens with one attached hydrogen (secondary N) is 1. The van der Waals surface area contributed by atoms with E-state index in [2.05, 4.69) is 26.5 Å². The number of phenolic OH excluding ortho intramolecular Hbond substituents is 1. The van der Waals surface area contributed by atoms with Crippen LogP contribution in [0.15, 0.2) is 44.5 Å². The van der Waals surface area contributed by atoms with Gasteiger partial charge < -0.3 is 9.52 Å². The molecule has 5 nitrogen and oxygen atoms in total. The quantitative estimate of drug-likeness (QED) is 0.674. The number of carbonyl (C=O) groups is 1. The lowest BCUT2D eigenvalue weighted by Crippen LogP contribution is -2.16. The molecule has 19 heavy (non-hydrogen) atoms. The molecule has 0 fully saturated rings. The fraction of sp³-hybridized carbons (Fsp3) is 0.0769. The zero-order chi connectivity index (χ0) is 13.8. The van der Waals surface area contributed by atoms with Crippen molar-refractivity contribution in [2.24, 2.45) is 5.10 Å². The van der Waals surface area contributed by atoms with E-state index in [1.54, 1.807) is 12.1 Å². The Hall–Kier alpha value is -2.08. The van der Waals surface area contributed by atoms with E-state index in [9.17, 15) is 9.90 Å². The van der Waals surface area contributed by atoms with Crippen LogP contribution >= 0.6 is 15.9 Å². The third-order valence-electron chi connectivity index (χ3n) is 2.35. The third kappa shape index (κ3) is 3.45. The molecular weight excluding hydrogens is 312 g/mol. The maximum Gasteiger partial charge on any atom is 0.307 e. The number of rotatable bonds is 3. The normalized spacial score (nSPS) is 10.8. The van der Waals surface area contributed by atoms with Crippen LogP contribution in [0, 0.1) is 6.92 Å². The summed E-state index contributed by atoms with van der Waals surface area (Å²) in [7, 11) is 0. The van der Waals surface area contributed by atoms with E-state index in [0.717, 1.165) is 5.56 Å². The molecule has 6 heteroatoms. The van der Waals surface area contributed by atoms with Gasteiger partial charge in [-0.3, -0.25) is 4.79 Å². The third-order valence-corrected chi connectivity index (χ3v) is 2.76. The molecule has 2 rings (SSSR count). The number of hydrogen-bond donors (Lipinski definition) is 2. The Balaban J connectivity index is 2.02. The average Bonchev–Trinajstić information content (AvgIpc) is 2.78. The molecule has 0 aliphatic rings. The van der Waals surface area contributed by atoms with E-state index < -0.39 is 5.91 Å². The number of aromatic hydroxyl groups is 1. The predicted octanol–water partition coefficient (Wildman–Crippen LogP) is 2.82. The second-order valence-electron chi connectivity index (χ2n) is 3.89. The van der Waals surface area contributed by atoms with Gasteiger partial charge in [-0.1, -0.05) is 6.07 Å². The van der Waals surface area contributed by atoms with Gasteiger partial charge in [-0.25, -0.2) is 5.43 Å². The molecule has 1 heterocycles. The van der Waals surface area contributed by atoms with Crippen LogP contribution in [-0.2, 0) is 0 Å². The Bertz CT molecular complexity index is 635. The van der Waals surface area contributed by atoms with Crippen molar-refractivity contribution in [3.05, 3.63) is 51.9 Å². The Morgan fingerprint density at radius 2 is 2.26 bits per heavy atom. The van der Waals surface area contributed by atoms with E-state index in [1.807, 2.05) is 13.0 Å². The second kappa shape index (κ2) is 5.71. The van der Waals surface area contributed by atoms with Gasteiger partial charge >= 0.3 is 5.91 Å². The zero-order valence-electron chi connectivity index (χ0n) is 10.1. The second-order valence-corrected chi connectivity index (χ2v) is 4.81. The summed E-state index contributed by atoms with van der Waals surface area (Å²) in [5, 5.41) is 13.4. The molecule has 0 bridgehead atoms. The van der Waals surface area contributed by atoms with Crippen molar-refractivity contribution in [2.75, 3.05) is 0 Å². The standard InChI is InChI=1S/C13H11BrN2O3/c1-8-2-3-9(11(17)4-8)6-15-16-13(18)12-5-10(14)7-19-12/h2-7,17H,1H3,(H,16,18)/b15-6+. The van der Waals surface area contributed by atoms with Crippen molar-refractivity contribution >= 4 is 28.1 Å². The molecular formula is C13H11BrN2O3. The van der Waals surface area contributed by atoms with Crippen molar-refractivity contribution in [1.82, 2.24) is 5.43 Å². The van der Waals surface area contributed by atoms with Gasteiger partial charge in [-0.15, -0.1) is 0 Å². The summed E-state index contributed by atoms with van der Waals surface area (Å²) in [6, 6.07) is 6.71. The summed E-state index contributed by atoms with van der Waals surface area (Å²) in [4.78, 5) is 11.6. The van der Waals surface area contributed by atoms with Crippen molar-refractivity contribution in [3.8, 4) is 5.75 Å². The first-order chi connectivity index (χ1) is 9.06. The first kappa shape index (κ1) is 13.4. The van der Waals surface area contributed by atoms with Crippen molar-refractivity contribution < 1.29 is 14.3 Å². The predicted molar refractivity (Wildman–Crippen MR) is 74.3 cm³/mol. The first-order valence-corrected chi connectivity index (χ1v) is 6.22. The molecule has 0 atom stereocenters. The Labute approximate surface area is 118 Å². The zero-order valence-corrected chi connectivity index (χ0v) is 11.6. The van der Waals surface area contributed by atoms with Crippen molar-refractivity contribution in [2.45, 2.75) is 6.92 Å². The highest BCUT2D eigenvalue weighted by Crippen LogP contribution is 2.16. The number of carbonyl (C=O) groups excluding carboxylic acids is 1. The van der Waals surface area contributed by atoms with Crippen LogP contribution in [0.5, 0.6) is 5.75 Å². The Kier molecular flexibility index (Phi) is 4.01. The number of hydrazone groups is 1. The highest BCUT2D eigenvalue weighted by molar-refractivity contribution is 9.10. The Morgan fingerprint density at radius 3 is 2.89 bits per heavy atom. The number of hydrogen-bond acceptors (Lipinski definition) is 4. The molecule has 0 aliphatic heterocycles. The molecule has 1 amide bonds. The van der Waals surface area contributed by atoms with Crippen LogP contribution in [0.1, 0.15) is 21.7 Å². The smallest absolute Gasteiger partial charge is 0.307 e. The highest BCUT2D eigenvalue weighted by Gasteiger charge is 2.08. The maximum atomic E-state index is 11.6. The minimum atomic E-state index is -0.464. The van der Waals surface area contributed by atoms with Crippen LogP contribution < -0.4 is 5.43 Å². The lowest BCUT2D eigenvalue weighted by Gasteiger charge is -2.00. The minimum Gasteiger partial charge on any atom is -0.507 e. The van der Waals surface area contributed by atoms with Gasteiger partial charge in [0.2, 0.25) is 0 Å². The van der Waals surface area contributed by atoms with Crippen LogP contribution in [0.2, 0.25) is 0 Å². The molecule has 0 radical (unpaired) electrons. The van der Waals surface area contributed by atoms with Crippen molar-refractivity contribution in [3.63, 3.8) is 0 Å². The number of amides is 1. The molecule has 2 N–H and O–H groups in total. The van der Waals surface area contributed by atoms with E-state index in [0.29, 0.717) is 10.0 Å². The lowest BCUT2D eigenvalue weighted by molar-refractivity contribution is 0.0927. The molecule has 2 aromatic rings. The first-order valence-electron chi connectivity index (χ1n) is 5.43. The number of halogens is 1. The van der Waals surface area contributed by atoms with E-state index in [-0.39, 0.29) is 11.5 Å². The average molecular weight is 323 g/mol. The monoisotopic (exact) mass is 322 g/mol. The van der Waals surface area contributed by atoms with E-state index >= 15 is 0 Å². The van der Waals surface area contributed by atoms with Gasteiger partial charge in [0, 0.05) is 11.6 Å². The molecule has 98 valence electrons. The van der Waals surface area contributed by atoms with Gasteiger partial charge in [0.15, 0.2) is 5.76 Å². The number of aryl methyl sites for hydroxylation is 1. The molecule has 0 saturated heterocycles. The summed E-state index contributed by atoms with van der Waals surface area (Å²) in [5.41, 5.74) is 3.77. The SMILES string of the molecule is Cc1ccc(/C=N/NC(=O)c2cc(Br)co2)c(O)c1. The molecule has 1 aromatic heterocycles. The summed E-state index contributed by atoms with van der Waals surface area (Å²) in [6.07, 6.45) is 2.77. The number of phenols is 1. The molecule has 0 aliphatic carbocycles. The largest absolute Gasteiger partial charge is 0.507 e. The number of nitrogens with zero attached hydrogens (tertiary/aromatic N) is 1. The summed E-state index contributed by atoms with van der Waals surface area (Å²) >= 11 is 3.18. The van der Waals surface area contributed by atoms with Crippen LogP contribution in [0.3, 0.4) is 0 Å². The van der Waals surface area contributed by atoms with Crippen molar-refractivity contribution in [1.29, 1.82) is 0 Å². The van der Waals surface area contributed by atoms with E-state index in [1.165, 1.54) is 18.5 Å². The van der Waals surface area contributed by atoms with Gasteiger partial charge in [-0.05, 0) is 40.5 Å². The molecule has 0 saturated carbocycles. The summed E-state index contributed by atoms with van der Waals surface area (Å²) in [6.45, 7) is 1.87. The van der Waals surface area contributed by atoms with Gasteiger partial charge in [-0.2, -0.15) is 5.10 Å². The van der Waals surface area contributed by atoms with Gasteiger partial charge in [0.25, 0.3) is 0 Å². The molecule has 1 aromatic carbocycles. The topological polar surface area (TPSA) is 74.8 Å². The maximum absolute atomic E-state index is 11.6. The highest BCUT2D eigenvalue weighted by atomic mass is 79.9. The van der Waals surface area contributed by atoms with E-state index in [4.69, 9.17) is 4.42 Å². The molecule has 0 unspecified atom stereocenters. The van der Waals surface area contributed by atoms with Gasteiger partial charge in [0.1, 0.15) is 12.0 Å². The molecule has 0 spiro atoms. The fourth-order valence-electron chi connectivity index (χ4n) is 1.41. The van der Waals surface area contributed by atoms with Gasteiger partial charge in [0.05, 0.1) is 10.7 Å².